The largest absolute Gasteiger partial charge is 0.493 e. The van der Waals surface area contributed by atoms with Crippen molar-refractivity contribution in [2.45, 2.75) is 30.0 Å². The van der Waals surface area contributed by atoms with Crippen molar-refractivity contribution >= 4 is 27.7 Å². The zero-order chi connectivity index (χ0) is 14.8. The molecule has 0 fully saturated rings. The summed E-state index contributed by atoms with van der Waals surface area (Å²) in [5.41, 5.74) is 9.69. The van der Waals surface area contributed by atoms with Gasteiger partial charge in [0, 0.05) is 33.1 Å². The Hall–Kier alpha value is -0.970. The number of halogens is 1. The van der Waals surface area contributed by atoms with Crippen LogP contribution in [0.3, 0.4) is 0 Å². The Labute approximate surface area is 138 Å². The predicted octanol–water partition coefficient (Wildman–Crippen LogP) is 4.70. The molecule has 0 saturated heterocycles. The lowest BCUT2D eigenvalue weighted by Crippen LogP contribution is -2.04. The zero-order valence-corrected chi connectivity index (χ0v) is 14.3. The summed E-state index contributed by atoms with van der Waals surface area (Å²) in [4.78, 5) is 1.25. The molecule has 2 aromatic carbocycles. The Morgan fingerprint density at radius 2 is 2.19 bits per heavy atom. The van der Waals surface area contributed by atoms with Gasteiger partial charge in [-0.25, -0.2) is 0 Å². The van der Waals surface area contributed by atoms with Crippen LogP contribution in [-0.2, 0) is 12.2 Å². The summed E-state index contributed by atoms with van der Waals surface area (Å²) in [6.07, 6.45) is 1.01. The maximum atomic E-state index is 5.95. The molecule has 4 heteroatoms. The minimum Gasteiger partial charge on any atom is -0.493 e. The van der Waals surface area contributed by atoms with Crippen LogP contribution in [0.1, 0.15) is 29.7 Å². The summed E-state index contributed by atoms with van der Waals surface area (Å²) in [5.74, 6) is 1.98. The van der Waals surface area contributed by atoms with Crippen molar-refractivity contribution in [1.29, 1.82) is 0 Å². The number of hydrogen-bond donors (Lipinski definition) is 1. The third-order valence-corrected chi connectivity index (χ3v) is 5.10. The molecule has 0 saturated carbocycles. The molecule has 2 N–H and O–H groups in total. The van der Waals surface area contributed by atoms with E-state index in [0.717, 1.165) is 29.0 Å². The lowest BCUT2D eigenvalue weighted by atomic mass is 10.1. The summed E-state index contributed by atoms with van der Waals surface area (Å²) in [7, 11) is 0. The van der Waals surface area contributed by atoms with Crippen LogP contribution in [-0.4, -0.2) is 6.61 Å². The molecule has 0 radical (unpaired) electrons. The van der Waals surface area contributed by atoms with Gasteiger partial charge in [0.1, 0.15) is 5.75 Å². The van der Waals surface area contributed by atoms with Crippen LogP contribution in [0.15, 0.2) is 45.8 Å². The van der Waals surface area contributed by atoms with Crippen molar-refractivity contribution in [2.24, 2.45) is 5.73 Å². The molecule has 2 aromatic rings. The quantitative estimate of drug-likeness (QED) is 0.799. The third-order valence-electron chi connectivity index (χ3n) is 3.60. The first-order chi connectivity index (χ1) is 10.1. The van der Waals surface area contributed by atoms with E-state index in [1.165, 1.54) is 21.6 Å². The predicted molar refractivity (Wildman–Crippen MR) is 91.9 cm³/mol. The van der Waals surface area contributed by atoms with Crippen molar-refractivity contribution in [3.8, 4) is 5.75 Å². The Bertz CT molecular complexity index is 657. The second-order valence-electron chi connectivity index (χ2n) is 5.30. The molecule has 1 aliphatic rings. The summed E-state index contributed by atoms with van der Waals surface area (Å²) in [6, 6.07) is 12.9. The van der Waals surface area contributed by atoms with Crippen LogP contribution >= 0.6 is 27.7 Å². The minimum absolute atomic E-state index is 0.0731. The van der Waals surface area contributed by atoms with Gasteiger partial charge in [-0.3, -0.25) is 0 Å². The number of hydrogen-bond acceptors (Lipinski definition) is 3. The number of fused-ring (bicyclic) bond motifs is 1. The monoisotopic (exact) mass is 363 g/mol. The molecular formula is C17H18BrNOS. The minimum atomic E-state index is 0.0731. The number of benzene rings is 2. The van der Waals surface area contributed by atoms with Gasteiger partial charge in [0.05, 0.1) is 6.61 Å². The molecule has 0 bridgehead atoms. The van der Waals surface area contributed by atoms with Crippen molar-refractivity contribution < 1.29 is 4.74 Å². The van der Waals surface area contributed by atoms with Gasteiger partial charge in [-0.05, 0) is 42.3 Å². The highest BCUT2D eigenvalue weighted by molar-refractivity contribution is 9.10. The SMILES string of the molecule is CC(N)c1cccc(SCc2cc(Br)cc3c2OCC3)c1. The van der Waals surface area contributed by atoms with Crippen LogP contribution in [0.5, 0.6) is 5.75 Å². The molecule has 0 spiro atoms. The van der Waals surface area contributed by atoms with Crippen LogP contribution in [0, 0.1) is 0 Å². The van der Waals surface area contributed by atoms with Gasteiger partial charge in [-0.2, -0.15) is 0 Å². The van der Waals surface area contributed by atoms with Gasteiger partial charge in [-0.15, -0.1) is 11.8 Å². The second-order valence-corrected chi connectivity index (χ2v) is 7.27. The van der Waals surface area contributed by atoms with E-state index in [2.05, 4.69) is 52.3 Å². The highest BCUT2D eigenvalue weighted by Gasteiger charge is 2.17. The second kappa shape index (κ2) is 6.42. The van der Waals surface area contributed by atoms with Crippen LogP contribution in [0.4, 0.5) is 0 Å². The lowest BCUT2D eigenvalue weighted by molar-refractivity contribution is 0.354. The fraction of sp³-hybridized carbons (Fsp3) is 0.294. The van der Waals surface area contributed by atoms with E-state index in [4.69, 9.17) is 10.5 Å². The molecule has 0 aliphatic carbocycles. The Morgan fingerprint density at radius 3 is 3.00 bits per heavy atom. The van der Waals surface area contributed by atoms with E-state index in [1.807, 2.05) is 18.7 Å². The van der Waals surface area contributed by atoms with Crippen molar-refractivity contribution in [3.63, 3.8) is 0 Å². The molecular weight excluding hydrogens is 346 g/mol. The highest BCUT2D eigenvalue weighted by atomic mass is 79.9. The fourth-order valence-electron chi connectivity index (χ4n) is 2.50. The average molecular weight is 364 g/mol. The molecule has 110 valence electrons. The van der Waals surface area contributed by atoms with E-state index in [-0.39, 0.29) is 6.04 Å². The summed E-state index contributed by atoms with van der Waals surface area (Å²) < 4.78 is 6.91. The van der Waals surface area contributed by atoms with Gasteiger partial charge >= 0.3 is 0 Å². The number of thioether (sulfide) groups is 1. The summed E-state index contributed by atoms with van der Waals surface area (Å²) >= 11 is 5.41. The average Bonchev–Trinajstić information content (AvgIpc) is 2.93. The van der Waals surface area contributed by atoms with Crippen LogP contribution in [0.2, 0.25) is 0 Å². The van der Waals surface area contributed by atoms with E-state index in [0.29, 0.717) is 0 Å². The first-order valence-corrected chi connectivity index (χ1v) is 8.84. The molecule has 1 aliphatic heterocycles. The molecule has 21 heavy (non-hydrogen) atoms. The van der Waals surface area contributed by atoms with Gasteiger partial charge in [-0.1, -0.05) is 28.1 Å². The van der Waals surface area contributed by atoms with Crippen molar-refractivity contribution in [3.05, 3.63) is 57.6 Å². The molecule has 3 rings (SSSR count). The first kappa shape index (κ1) is 14.9. The van der Waals surface area contributed by atoms with E-state index in [1.54, 1.807) is 0 Å². The smallest absolute Gasteiger partial charge is 0.126 e. The fourth-order valence-corrected chi connectivity index (χ4v) is 3.99. The number of nitrogens with two attached hydrogens (primary N) is 1. The van der Waals surface area contributed by atoms with E-state index < -0.39 is 0 Å². The highest BCUT2D eigenvalue weighted by Crippen LogP contribution is 2.36. The van der Waals surface area contributed by atoms with Crippen molar-refractivity contribution in [1.82, 2.24) is 0 Å². The summed E-state index contributed by atoms with van der Waals surface area (Å²) in [5, 5.41) is 0. The molecule has 1 heterocycles. The Balaban J connectivity index is 1.78. The molecule has 0 amide bonds. The summed E-state index contributed by atoms with van der Waals surface area (Å²) in [6.45, 7) is 2.81. The first-order valence-electron chi connectivity index (χ1n) is 7.06. The van der Waals surface area contributed by atoms with E-state index in [9.17, 15) is 0 Å². The molecule has 0 aromatic heterocycles. The topological polar surface area (TPSA) is 35.2 Å². The lowest BCUT2D eigenvalue weighted by Gasteiger charge is -2.10. The van der Waals surface area contributed by atoms with Crippen molar-refractivity contribution in [2.75, 3.05) is 6.61 Å². The zero-order valence-electron chi connectivity index (χ0n) is 11.9. The van der Waals surface area contributed by atoms with Crippen LogP contribution in [0.25, 0.3) is 0 Å². The standard InChI is InChI=1S/C17H18BrNOS/c1-11(19)12-3-2-4-16(9-12)21-10-14-8-15(18)7-13-5-6-20-17(13)14/h2-4,7-9,11H,5-6,10,19H2,1H3. The van der Waals surface area contributed by atoms with Gasteiger partial charge in [0.25, 0.3) is 0 Å². The molecule has 2 nitrogen and oxygen atoms in total. The maximum Gasteiger partial charge on any atom is 0.126 e. The Kier molecular flexibility index (Phi) is 4.57. The number of ether oxygens (including phenoxy) is 1. The van der Waals surface area contributed by atoms with Crippen LogP contribution < -0.4 is 10.5 Å². The van der Waals surface area contributed by atoms with Gasteiger partial charge < -0.3 is 10.5 Å². The Morgan fingerprint density at radius 1 is 1.33 bits per heavy atom. The van der Waals surface area contributed by atoms with Gasteiger partial charge in [0.2, 0.25) is 0 Å². The normalized spacial score (nSPS) is 14.6. The van der Waals surface area contributed by atoms with Gasteiger partial charge in [0.15, 0.2) is 0 Å². The number of rotatable bonds is 4. The van der Waals surface area contributed by atoms with E-state index >= 15 is 0 Å². The maximum absolute atomic E-state index is 5.95. The third kappa shape index (κ3) is 3.44. The molecule has 1 unspecified atom stereocenters. The molecule has 1 atom stereocenters.